The van der Waals surface area contributed by atoms with Crippen molar-refractivity contribution >= 4 is 12.7 Å². The van der Waals surface area contributed by atoms with Crippen molar-refractivity contribution in [1.29, 1.82) is 0 Å². The molecule has 0 saturated heterocycles. The molecule has 0 bridgehead atoms. The summed E-state index contributed by atoms with van der Waals surface area (Å²) in [5, 5.41) is 10.4. The van der Waals surface area contributed by atoms with Gasteiger partial charge in [0, 0.05) is 17.0 Å². The predicted molar refractivity (Wildman–Crippen MR) is 87.4 cm³/mol. The lowest BCUT2D eigenvalue weighted by Crippen LogP contribution is -2.10. The maximum Gasteiger partial charge on any atom is 0.230 e. The summed E-state index contributed by atoms with van der Waals surface area (Å²) in [5.74, 6) is 0.124. The van der Waals surface area contributed by atoms with E-state index in [4.69, 9.17) is 0 Å². The molecule has 0 saturated carbocycles. The Hall–Kier alpha value is -1.57. The molecule has 0 radical (unpaired) electrons. The lowest BCUT2D eigenvalue weighted by molar-refractivity contribution is 0.477. The van der Waals surface area contributed by atoms with Crippen LogP contribution in [0.25, 0.3) is 11.1 Å². The summed E-state index contributed by atoms with van der Waals surface area (Å²) in [4.78, 5) is 10.4. The second-order valence-electron chi connectivity index (χ2n) is 5.17. The Morgan fingerprint density at radius 1 is 0.952 bits per heavy atom. The minimum Gasteiger partial charge on any atom is -0.507 e. The lowest BCUT2D eigenvalue weighted by atomic mass is 10.0. The van der Waals surface area contributed by atoms with Crippen molar-refractivity contribution in [3.05, 3.63) is 48.5 Å². The van der Waals surface area contributed by atoms with Gasteiger partial charge in [0.15, 0.2) is 0 Å². The van der Waals surface area contributed by atoms with E-state index in [2.05, 4.69) is 6.92 Å². The highest BCUT2D eigenvalue weighted by atomic mass is 31.2. The third kappa shape index (κ3) is 3.75. The number of unbranched alkanes of at least 4 members (excludes halogenated alkanes) is 2. The van der Waals surface area contributed by atoms with Crippen molar-refractivity contribution in [2.45, 2.75) is 26.2 Å². The summed E-state index contributed by atoms with van der Waals surface area (Å²) in [6, 6.07) is 14.0. The molecule has 0 heterocycles. The van der Waals surface area contributed by atoms with Crippen LogP contribution in [-0.2, 0) is 4.57 Å². The largest absolute Gasteiger partial charge is 0.507 e. The Labute approximate surface area is 125 Å². The monoisotopic (exact) mass is 304 g/mol. The van der Waals surface area contributed by atoms with Gasteiger partial charge in [-0.3, -0.25) is 4.57 Å². The zero-order chi connectivity index (χ0) is 15.3. The van der Waals surface area contributed by atoms with Crippen LogP contribution in [-0.4, -0.2) is 16.2 Å². The molecule has 3 nitrogen and oxygen atoms in total. The maximum atomic E-state index is 12.7. The van der Waals surface area contributed by atoms with Gasteiger partial charge in [0.05, 0.1) is 0 Å². The van der Waals surface area contributed by atoms with Crippen LogP contribution >= 0.6 is 7.37 Å². The van der Waals surface area contributed by atoms with Gasteiger partial charge >= 0.3 is 0 Å². The molecule has 0 aliphatic carbocycles. The molecular weight excluding hydrogens is 283 g/mol. The average Bonchev–Trinajstić information content (AvgIpc) is 2.48. The van der Waals surface area contributed by atoms with Gasteiger partial charge < -0.3 is 10.00 Å². The minimum atomic E-state index is -3.41. The normalized spacial score (nSPS) is 13.8. The highest BCUT2D eigenvalue weighted by Crippen LogP contribution is 2.44. The fourth-order valence-electron chi connectivity index (χ4n) is 2.40. The summed E-state index contributed by atoms with van der Waals surface area (Å²) >= 11 is 0. The fraction of sp³-hybridized carbons (Fsp3) is 0.294. The molecule has 112 valence electrons. The van der Waals surface area contributed by atoms with E-state index in [1.165, 1.54) is 0 Å². The Bertz CT molecular complexity index is 652. The smallest absolute Gasteiger partial charge is 0.230 e. The molecule has 0 amide bonds. The van der Waals surface area contributed by atoms with E-state index in [0.717, 1.165) is 19.3 Å². The van der Waals surface area contributed by atoms with Crippen LogP contribution in [0, 0.1) is 0 Å². The zero-order valence-corrected chi connectivity index (χ0v) is 13.1. The topological polar surface area (TPSA) is 57.5 Å². The summed E-state index contributed by atoms with van der Waals surface area (Å²) in [7, 11) is -3.41. The van der Waals surface area contributed by atoms with Gasteiger partial charge in [-0.15, -0.1) is 0 Å². The summed E-state index contributed by atoms with van der Waals surface area (Å²) < 4.78 is 12.7. The first-order valence-corrected chi connectivity index (χ1v) is 9.10. The standard InChI is InChI=1S/C17H21O3P/c1-2-3-8-13-21(19,20)17-12-7-5-10-15(17)14-9-4-6-11-16(14)18/h4-7,9-12,18H,2-3,8,13H2,1H3,(H,19,20). The molecule has 2 N–H and O–H groups in total. The number of benzene rings is 2. The van der Waals surface area contributed by atoms with E-state index >= 15 is 0 Å². The molecule has 1 atom stereocenters. The first-order valence-electron chi connectivity index (χ1n) is 7.26. The predicted octanol–water partition coefficient (Wildman–Crippen LogP) is 4.15. The van der Waals surface area contributed by atoms with Gasteiger partial charge in [0.2, 0.25) is 7.37 Å². The second-order valence-corrected chi connectivity index (χ2v) is 7.50. The van der Waals surface area contributed by atoms with Crippen LogP contribution in [0.4, 0.5) is 0 Å². The van der Waals surface area contributed by atoms with Crippen molar-refractivity contribution in [3.63, 3.8) is 0 Å². The van der Waals surface area contributed by atoms with E-state index in [0.29, 0.717) is 16.4 Å². The Morgan fingerprint density at radius 3 is 2.24 bits per heavy atom. The highest BCUT2D eigenvalue weighted by Gasteiger charge is 2.25. The Balaban J connectivity index is 2.42. The first kappa shape index (κ1) is 15.8. The van der Waals surface area contributed by atoms with Gasteiger partial charge in [-0.25, -0.2) is 0 Å². The van der Waals surface area contributed by atoms with Crippen molar-refractivity contribution < 1.29 is 14.6 Å². The molecule has 0 aliphatic heterocycles. The number of aromatic hydroxyl groups is 1. The summed E-state index contributed by atoms with van der Waals surface area (Å²) in [6.45, 7) is 2.07. The molecule has 0 fully saturated rings. The van der Waals surface area contributed by atoms with Crippen LogP contribution in [0.2, 0.25) is 0 Å². The van der Waals surface area contributed by atoms with Crippen LogP contribution in [0.5, 0.6) is 5.75 Å². The first-order chi connectivity index (χ1) is 10.1. The number of rotatable bonds is 6. The van der Waals surface area contributed by atoms with E-state index in [1.54, 1.807) is 36.4 Å². The van der Waals surface area contributed by atoms with E-state index < -0.39 is 7.37 Å². The van der Waals surface area contributed by atoms with Crippen LogP contribution in [0.1, 0.15) is 26.2 Å². The third-order valence-electron chi connectivity index (χ3n) is 3.54. The van der Waals surface area contributed by atoms with E-state index in [-0.39, 0.29) is 11.9 Å². The van der Waals surface area contributed by atoms with Crippen LogP contribution in [0.3, 0.4) is 0 Å². The van der Waals surface area contributed by atoms with Gasteiger partial charge in [-0.2, -0.15) is 0 Å². The highest BCUT2D eigenvalue weighted by molar-refractivity contribution is 7.66. The lowest BCUT2D eigenvalue weighted by Gasteiger charge is -2.16. The van der Waals surface area contributed by atoms with Crippen LogP contribution in [0.15, 0.2) is 48.5 Å². The van der Waals surface area contributed by atoms with Crippen LogP contribution < -0.4 is 5.30 Å². The average molecular weight is 304 g/mol. The summed E-state index contributed by atoms with van der Waals surface area (Å²) in [5.41, 5.74) is 1.23. The van der Waals surface area contributed by atoms with Gasteiger partial charge in [0.1, 0.15) is 5.75 Å². The SMILES string of the molecule is CCCCCP(=O)(O)c1ccccc1-c1ccccc1O. The van der Waals surface area contributed by atoms with Gasteiger partial charge in [0.25, 0.3) is 0 Å². The fourth-order valence-corrected chi connectivity index (χ4v) is 4.19. The number of phenols is 1. The molecule has 2 aromatic rings. The second kappa shape index (κ2) is 6.93. The molecule has 21 heavy (non-hydrogen) atoms. The number of phenolic OH excluding ortho intramolecular Hbond substituents is 1. The van der Waals surface area contributed by atoms with E-state index in [1.807, 2.05) is 12.1 Å². The summed E-state index contributed by atoms with van der Waals surface area (Å²) in [6.07, 6.45) is 2.98. The quantitative estimate of drug-likeness (QED) is 0.623. The van der Waals surface area contributed by atoms with Crippen molar-refractivity contribution in [2.75, 3.05) is 6.16 Å². The number of hydrogen-bond acceptors (Lipinski definition) is 2. The Morgan fingerprint density at radius 2 is 1.57 bits per heavy atom. The molecular formula is C17H21O3P. The van der Waals surface area contributed by atoms with Crippen molar-refractivity contribution in [1.82, 2.24) is 0 Å². The minimum absolute atomic E-state index is 0.124. The van der Waals surface area contributed by atoms with Crippen molar-refractivity contribution in [2.24, 2.45) is 0 Å². The van der Waals surface area contributed by atoms with Gasteiger partial charge in [-0.1, -0.05) is 56.2 Å². The molecule has 0 aliphatic rings. The Kier molecular flexibility index (Phi) is 5.22. The number of hydrogen-bond donors (Lipinski definition) is 2. The van der Waals surface area contributed by atoms with Gasteiger partial charge in [-0.05, 0) is 24.1 Å². The number of para-hydroxylation sites is 1. The molecule has 0 spiro atoms. The zero-order valence-electron chi connectivity index (χ0n) is 12.2. The molecule has 2 rings (SSSR count). The van der Waals surface area contributed by atoms with Crippen molar-refractivity contribution in [3.8, 4) is 16.9 Å². The molecule has 1 unspecified atom stereocenters. The molecule has 0 aromatic heterocycles. The molecule has 4 heteroatoms. The third-order valence-corrected chi connectivity index (χ3v) is 5.60. The maximum absolute atomic E-state index is 12.7. The van der Waals surface area contributed by atoms with E-state index in [9.17, 15) is 14.6 Å². The molecule has 2 aromatic carbocycles.